The van der Waals surface area contributed by atoms with Crippen molar-refractivity contribution in [1.29, 1.82) is 0 Å². The molecule has 5 heteroatoms. The highest BCUT2D eigenvalue weighted by atomic mass is 16.6. The molecule has 0 N–H and O–H groups in total. The van der Waals surface area contributed by atoms with Crippen molar-refractivity contribution in [2.45, 2.75) is 63.9 Å². The van der Waals surface area contributed by atoms with Crippen LogP contribution in [0.1, 0.15) is 39.5 Å². The normalized spacial score (nSPS) is 21.2. The summed E-state index contributed by atoms with van der Waals surface area (Å²) in [6, 6.07) is 49.3. The zero-order chi connectivity index (χ0) is 31.4. The second-order valence-electron chi connectivity index (χ2n) is 11.8. The molecule has 3 unspecified atom stereocenters. The molecule has 1 heterocycles. The first-order valence-corrected chi connectivity index (χ1v) is 16.0. The van der Waals surface area contributed by atoms with Crippen molar-refractivity contribution >= 4 is 0 Å². The fourth-order valence-electron chi connectivity index (χ4n) is 5.90. The van der Waals surface area contributed by atoms with E-state index < -0.39 is 30.5 Å². The van der Waals surface area contributed by atoms with Crippen molar-refractivity contribution in [3.05, 3.63) is 179 Å². The fourth-order valence-corrected chi connectivity index (χ4v) is 5.90. The molecule has 1 fully saturated rings. The first-order valence-electron chi connectivity index (χ1n) is 16.0. The van der Waals surface area contributed by atoms with E-state index in [1.54, 1.807) is 0 Å². The van der Waals surface area contributed by atoms with E-state index in [1.807, 2.05) is 72.8 Å². The van der Waals surface area contributed by atoms with E-state index in [1.165, 1.54) is 0 Å². The van der Waals surface area contributed by atoms with Crippen molar-refractivity contribution in [2.75, 3.05) is 6.61 Å². The van der Waals surface area contributed by atoms with Crippen LogP contribution in [-0.4, -0.2) is 31.0 Å². The minimum Gasteiger partial charge on any atom is -0.374 e. The van der Waals surface area contributed by atoms with Crippen LogP contribution in [0.15, 0.2) is 146 Å². The highest BCUT2D eigenvalue weighted by Gasteiger charge is 2.49. The first kappa shape index (κ1) is 31.9. The lowest BCUT2D eigenvalue weighted by Gasteiger charge is -2.46. The Bertz CT molecular complexity index is 1580. The molecule has 5 nitrogen and oxygen atoms in total. The highest BCUT2D eigenvalue weighted by molar-refractivity contribution is 5.27. The second kappa shape index (κ2) is 16.5. The van der Waals surface area contributed by atoms with Crippen molar-refractivity contribution in [2.24, 2.45) is 0 Å². The SMILES string of the molecule is Cc1cccc([C@@H]2OC(COCc3ccccc3)[C@@H](OCc3ccccc3)C(OCc3ccccc3)C2OCc2ccccc2)c1. The third kappa shape index (κ3) is 8.79. The molecule has 0 spiro atoms. The molecule has 0 radical (unpaired) electrons. The van der Waals surface area contributed by atoms with Gasteiger partial charge in [-0.3, -0.25) is 0 Å². The third-order valence-electron chi connectivity index (χ3n) is 8.25. The molecule has 1 aliphatic rings. The van der Waals surface area contributed by atoms with Gasteiger partial charge in [0.25, 0.3) is 0 Å². The van der Waals surface area contributed by atoms with Crippen molar-refractivity contribution in [3.63, 3.8) is 0 Å². The summed E-state index contributed by atoms with van der Waals surface area (Å²) >= 11 is 0. The maximum absolute atomic E-state index is 6.99. The lowest BCUT2D eigenvalue weighted by atomic mass is 9.90. The quantitative estimate of drug-likeness (QED) is 0.126. The molecule has 0 aromatic heterocycles. The summed E-state index contributed by atoms with van der Waals surface area (Å²) in [6.07, 6.45) is -2.16. The molecule has 1 saturated heterocycles. The predicted octanol–water partition coefficient (Wildman–Crippen LogP) is 8.41. The van der Waals surface area contributed by atoms with Gasteiger partial charge in [-0.15, -0.1) is 0 Å². The zero-order valence-electron chi connectivity index (χ0n) is 26.3. The standard InChI is InChI=1S/C41H42O5/c1-31-15-14-24-36(25-31)38-40(44-28-34-20-10-4-11-21-34)41(45-29-35-22-12-5-13-23-35)39(43-27-33-18-8-3-9-19-33)37(46-38)30-42-26-32-16-6-2-7-17-32/h2-25,37-41H,26-30H2,1H3/t37?,38-,39+,40?,41?/m0/s1. The molecule has 46 heavy (non-hydrogen) atoms. The Labute approximate surface area is 272 Å². The summed E-state index contributed by atoms with van der Waals surface area (Å²) < 4.78 is 33.8. The van der Waals surface area contributed by atoms with E-state index in [9.17, 15) is 0 Å². The van der Waals surface area contributed by atoms with E-state index >= 15 is 0 Å². The third-order valence-corrected chi connectivity index (χ3v) is 8.25. The molecule has 0 saturated carbocycles. The summed E-state index contributed by atoms with van der Waals surface area (Å²) in [4.78, 5) is 0. The minimum absolute atomic E-state index is 0.341. The van der Waals surface area contributed by atoms with Gasteiger partial charge in [0, 0.05) is 0 Å². The van der Waals surface area contributed by atoms with E-state index in [0.29, 0.717) is 33.0 Å². The molecule has 236 valence electrons. The Balaban J connectivity index is 1.34. The van der Waals surface area contributed by atoms with Crippen LogP contribution >= 0.6 is 0 Å². The summed E-state index contributed by atoms with van der Waals surface area (Å²) in [5, 5.41) is 0. The van der Waals surface area contributed by atoms with Gasteiger partial charge in [-0.25, -0.2) is 0 Å². The van der Waals surface area contributed by atoms with Gasteiger partial charge in [0.1, 0.15) is 30.5 Å². The van der Waals surface area contributed by atoms with E-state index in [0.717, 1.165) is 33.4 Å². The topological polar surface area (TPSA) is 46.2 Å². The van der Waals surface area contributed by atoms with Gasteiger partial charge >= 0.3 is 0 Å². The second-order valence-corrected chi connectivity index (χ2v) is 11.8. The molecule has 5 aromatic carbocycles. The molecule has 0 bridgehead atoms. The largest absolute Gasteiger partial charge is 0.374 e. The fraction of sp³-hybridized carbons (Fsp3) is 0.268. The maximum atomic E-state index is 6.99. The maximum Gasteiger partial charge on any atom is 0.117 e. The van der Waals surface area contributed by atoms with Crippen molar-refractivity contribution < 1.29 is 23.7 Å². The van der Waals surface area contributed by atoms with Gasteiger partial charge < -0.3 is 23.7 Å². The molecule has 0 aliphatic carbocycles. The number of benzene rings is 5. The Hall–Kier alpha value is -4.10. The molecular formula is C41H42O5. The number of hydrogen-bond donors (Lipinski definition) is 0. The van der Waals surface area contributed by atoms with Gasteiger partial charge in [-0.1, -0.05) is 151 Å². The minimum atomic E-state index is -0.457. The van der Waals surface area contributed by atoms with E-state index in [-0.39, 0.29) is 0 Å². The van der Waals surface area contributed by atoms with Crippen LogP contribution in [0.3, 0.4) is 0 Å². The monoisotopic (exact) mass is 614 g/mol. The van der Waals surface area contributed by atoms with Gasteiger partial charge in [-0.05, 0) is 34.7 Å². The van der Waals surface area contributed by atoms with Crippen LogP contribution in [0.2, 0.25) is 0 Å². The van der Waals surface area contributed by atoms with Gasteiger partial charge in [-0.2, -0.15) is 0 Å². The Morgan fingerprint density at radius 2 is 0.935 bits per heavy atom. The van der Waals surface area contributed by atoms with Gasteiger partial charge in [0.15, 0.2) is 0 Å². The number of aryl methyl sites for hydroxylation is 1. The van der Waals surface area contributed by atoms with Crippen LogP contribution in [0.4, 0.5) is 0 Å². The molecule has 1 aliphatic heterocycles. The summed E-state index contributed by atoms with van der Waals surface area (Å²) in [7, 11) is 0. The van der Waals surface area contributed by atoms with Crippen LogP contribution in [-0.2, 0) is 50.1 Å². The molecular weight excluding hydrogens is 572 g/mol. The van der Waals surface area contributed by atoms with E-state index in [4.69, 9.17) is 23.7 Å². The number of rotatable bonds is 14. The smallest absolute Gasteiger partial charge is 0.117 e. The summed E-state index contributed by atoms with van der Waals surface area (Å²) in [5.74, 6) is 0. The average Bonchev–Trinajstić information content (AvgIpc) is 3.11. The lowest BCUT2D eigenvalue weighted by molar-refractivity contribution is -0.275. The van der Waals surface area contributed by atoms with Crippen LogP contribution in [0, 0.1) is 6.92 Å². The van der Waals surface area contributed by atoms with Gasteiger partial charge in [0.05, 0.1) is 33.0 Å². The zero-order valence-corrected chi connectivity index (χ0v) is 26.3. The predicted molar refractivity (Wildman–Crippen MR) is 180 cm³/mol. The van der Waals surface area contributed by atoms with Crippen molar-refractivity contribution in [1.82, 2.24) is 0 Å². The molecule has 6 rings (SSSR count). The number of hydrogen-bond acceptors (Lipinski definition) is 5. The summed E-state index contributed by atoms with van der Waals surface area (Å²) in [6.45, 7) is 4.17. The van der Waals surface area contributed by atoms with Crippen LogP contribution in [0.5, 0.6) is 0 Å². The summed E-state index contributed by atoms with van der Waals surface area (Å²) in [5.41, 5.74) is 6.56. The lowest BCUT2D eigenvalue weighted by Crippen LogP contribution is -2.58. The average molecular weight is 615 g/mol. The molecule has 5 atom stereocenters. The Kier molecular flexibility index (Phi) is 11.4. The highest BCUT2D eigenvalue weighted by Crippen LogP contribution is 2.39. The van der Waals surface area contributed by atoms with Gasteiger partial charge in [0.2, 0.25) is 0 Å². The van der Waals surface area contributed by atoms with Crippen molar-refractivity contribution in [3.8, 4) is 0 Å². The van der Waals surface area contributed by atoms with Crippen LogP contribution in [0.25, 0.3) is 0 Å². The number of ether oxygens (including phenoxy) is 5. The molecule has 5 aromatic rings. The van der Waals surface area contributed by atoms with E-state index in [2.05, 4.69) is 79.7 Å². The Morgan fingerprint density at radius 3 is 1.43 bits per heavy atom. The molecule has 0 amide bonds. The first-order chi connectivity index (χ1) is 22.7. The van der Waals surface area contributed by atoms with Crippen LogP contribution < -0.4 is 0 Å². The Morgan fingerprint density at radius 1 is 0.478 bits per heavy atom.